The molecule has 3 aromatic rings. The molecule has 256 valence electrons. The Balaban J connectivity index is 1.11. The van der Waals surface area contributed by atoms with E-state index in [9.17, 15) is 9.59 Å². The summed E-state index contributed by atoms with van der Waals surface area (Å²) in [6.45, 7) is 5.04. The summed E-state index contributed by atoms with van der Waals surface area (Å²) in [6, 6.07) is 7.93. The fourth-order valence-corrected chi connectivity index (χ4v) is 6.35. The van der Waals surface area contributed by atoms with Gasteiger partial charge in [0.25, 0.3) is 0 Å². The van der Waals surface area contributed by atoms with Crippen molar-refractivity contribution >= 4 is 34.5 Å². The maximum atomic E-state index is 13.0. The third-order valence-corrected chi connectivity index (χ3v) is 9.09. The number of anilines is 2. The minimum absolute atomic E-state index is 0.0627. The average Bonchev–Trinajstić information content (AvgIpc) is 3.55. The van der Waals surface area contributed by atoms with Gasteiger partial charge in [-0.05, 0) is 76.7 Å². The van der Waals surface area contributed by atoms with E-state index < -0.39 is 12.0 Å². The Morgan fingerprint density at radius 2 is 1.83 bits per heavy atom. The quantitative estimate of drug-likeness (QED) is 0.111. The first-order valence-corrected chi connectivity index (χ1v) is 17.3. The topological polar surface area (TPSA) is 188 Å². The van der Waals surface area contributed by atoms with Crippen LogP contribution < -0.4 is 27.0 Å². The minimum atomic E-state index is -1.08. The number of hydrogen-bond acceptors (Lipinski definition) is 11. The molecule has 7 N–H and O–H groups in total. The Hall–Kier alpha value is -3.88. The van der Waals surface area contributed by atoms with Crippen molar-refractivity contribution in [2.75, 3.05) is 43.4 Å². The van der Waals surface area contributed by atoms with Crippen LogP contribution in [-0.4, -0.2) is 97.7 Å². The van der Waals surface area contributed by atoms with Gasteiger partial charge in [-0.3, -0.25) is 14.3 Å². The lowest BCUT2D eigenvalue weighted by atomic mass is 9.95. The summed E-state index contributed by atoms with van der Waals surface area (Å²) in [5.41, 5.74) is 7.30. The van der Waals surface area contributed by atoms with E-state index >= 15 is 0 Å². The van der Waals surface area contributed by atoms with Crippen molar-refractivity contribution < 1.29 is 14.7 Å². The van der Waals surface area contributed by atoms with Crippen LogP contribution in [0.4, 0.5) is 11.8 Å². The first-order chi connectivity index (χ1) is 22.9. The van der Waals surface area contributed by atoms with Crippen molar-refractivity contribution in [2.45, 2.75) is 102 Å². The number of carboxylic acid groups (broad SMARTS) is 1. The number of nitrogens with two attached hydrogens (primary N) is 1. The van der Waals surface area contributed by atoms with E-state index in [0.717, 1.165) is 61.3 Å². The number of carbonyl (C=O) groups excluding carboxylic acids is 1. The Morgan fingerprint density at radius 3 is 2.64 bits per heavy atom. The number of amides is 1. The van der Waals surface area contributed by atoms with Gasteiger partial charge >= 0.3 is 5.97 Å². The summed E-state index contributed by atoms with van der Waals surface area (Å²) in [7, 11) is 0. The molecule has 0 radical (unpaired) electrons. The van der Waals surface area contributed by atoms with E-state index in [0.29, 0.717) is 50.6 Å². The Morgan fingerprint density at radius 1 is 1.04 bits per heavy atom. The molecular weight excluding hydrogens is 598 g/mol. The number of aromatic nitrogens is 5. The number of nitrogens with one attached hydrogen (secondary N) is 4. The Bertz CT molecular complexity index is 1420. The minimum Gasteiger partial charge on any atom is -0.480 e. The van der Waals surface area contributed by atoms with Gasteiger partial charge in [-0.2, -0.15) is 4.98 Å². The largest absolute Gasteiger partial charge is 0.480 e. The zero-order valence-electron chi connectivity index (χ0n) is 27.4. The molecule has 1 atom stereocenters. The van der Waals surface area contributed by atoms with E-state index in [4.69, 9.17) is 20.8 Å². The van der Waals surface area contributed by atoms with Crippen molar-refractivity contribution in [2.24, 2.45) is 5.73 Å². The van der Waals surface area contributed by atoms with Crippen molar-refractivity contribution in [3.05, 3.63) is 36.2 Å². The lowest BCUT2D eigenvalue weighted by Gasteiger charge is -2.25. The van der Waals surface area contributed by atoms with Crippen molar-refractivity contribution in [1.82, 2.24) is 40.5 Å². The number of benzene rings is 1. The zero-order chi connectivity index (χ0) is 32.8. The van der Waals surface area contributed by atoms with Gasteiger partial charge in [0.1, 0.15) is 17.6 Å². The van der Waals surface area contributed by atoms with Crippen LogP contribution in [0.15, 0.2) is 30.5 Å². The highest BCUT2D eigenvalue weighted by atomic mass is 16.4. The lowest BCUT2D eigenvalue weighted by Crippen LogP contribution is -2.38. The molecule has 2 aliphatic rings. The first kappa shape index (κ1) is 34.5. The number of carbonyl (C=O) groups is 2. The fourth-order valence-electron chi connectivity index (χ4n) is 6.35. The van der Waals surface area contributed by atoms with Crippen molar-refractivity contribution in [3.8, 4) is 0 Å². The highest BCUT2D eigenvalue weighted by Crippen LogP contribution is 2.24. The maximum absolute atomic E-state index is 13.0. The van der Waals surface area contributed by atoms with Crippen molar-refractivity contribution in [1.29, 1.82) is 0 Å². The molecule has 3 heterocycles. The second-order valence-electron chi connectivity index (χ2n) is 12.8. The normalized spacial score (nSPS) is 16.6. The number of rotatable bonds is 18. The number of carboxylic acids is 1. The van der Waals surface area contributed by atoms with Crippen LogP contribution in [-0.2, 0) is 22.7 Å². The second-order valence-corrected chi connectivity index (χ2v) is 12.8. The number of fused-ring (bicyclic) bond motifs is 1. The third kappa shape index (κ3) is 10.8. The van der Waals surface area contributed by atoms with Gasteiger partial charge in [0.15, 0.2) is 0 Å². The second kappa shape index (κ2) is 17.9. The number of para-hydroxylation sites is 1. The van der Waals surface area contributed by atoms with Gasteiger partial charge in [-0.25, -0.2) is 4.98 Å². The third-order valence-electron chi connectivity index (χ3n) is 9.09. The van der Waals surface area contributed by atoms with Crippen molar-refractivity contribution in [3.63, 3.8) is 0 Å². The Labute approximate surface area is 276 Å². The summed E-state index contributed by atoms with van der Waals surface area (Å²) in [6.07, 6.45) is 12.1. The van der Waals surface area contributed by atoms with E-state index in [2.05, 4.69) is 31.6 Å². The van der Waals surface area contributed by atoms with Crippen LogP contribution in [0, 0.1) is 0 Å². The van der Waals surface area contributed by atoms with Gasteiger partial charge < -0.3 is 37.0 Å². The molecule has 1 amide bonds. The summed E-state index contributed by atoms with van der Waals surface area (Å²) in [4.78, 5) is 35.6. The standard InChI is InChI=1S/C33H51N11O3/c34-28(32(46)47)12-13-30(45)43(19-6-16-36-24-8-2-1-3-9-24)20-7-21-44-23-26(41-42-44)22-37-33-39-29-11-5-4-10-27(29)31(40-33)38-25-14-17-35-18-15-25/h4-5,10-11,23-25,28,35-36H,1-3,6-9,12-22,34H2,(H,46,47)(H2,37,38,39,40)/t28-/m0/s1. The van der Waals surface area contributed by atoms with E-state index in [1.165, 1.54) is 32.1 Å². The fraction of sp³-hybridized carbons (Fsp3) is 0.636. The zero-order valence-corrected chi connectivity index (χ0v) is 27.4. The molecule has 1 aliphatic heterocycles. The molecule has 1 aromatic carbocycles. The average molecular weight is 650 g/mol. The Kier molecular flexibility index (Phi) is 13.1. The SMILES string of the molecule is N[C@@H](CCC(=O)N(CCCNC1CCCCC1)CCCn1cc(CNc2nc(NC3CCNCC3)c3ccccc3n2)nn1)C(=O)O. The molecule has 14 heteroatoms. The molecule has 0 spiro atoms. The molecule has 0 unspecified atom stereocenters. The molecule has 14 nitrogen and oxygen atoms in total. The molecule has 0 bridgehead atoms. The number of hydrogen-bond donors (Lipinski definition) is 6. The van der Waals surface area contributed by atoms with Crippen LogP contribution in [0.2, 0.25) is 0 Å². The molecule has 47 heavy (non-hydrogen) atoms. The van der Waals surface area contributed by atoms with Gasteiger partial charge in [-0.15, -0.1) is 5.10 Å². The van der Waals surface area contributed by atoms with E-state index in [1.807, 2.05) is 35.4 Å². The predicted molar refractivity (Wildman–Crippen MR) is 182 cm³/mol. The number of nitrogens with zero attached hydrogens (tertiary/aromatic N) is 6. The van der Waals surface area contributed by atoms with Crippen LogP contribution in [0.3, 0.4) is 0 Å². The molecule has 1 aliphatic carbocycles. The monoisotopic (exact) mass is 649 g/mol. The molecule has 2 aromatic heterocycles. The number of piperidine rings is 1. The van der Waals surface area contributed by atoms with Crippen LogP contribution in [0.5, 0.6) is 0 Å². The molecule has 5 rings (SSSR count). The van der Waals surface area contributed by atoms with Gasteiger partial charge in [0.2, 0.25) is 11.9 Å². The highest BCUT2D eigenvalue weighted by Gasteiger charge is 2.19. The number of aryl methyl sites for hydroxylation is 1. The molecule has 2 fully saturated rings. The molecule has 1 saturated heterocycles. The van der Waals surface area contributed by atoms with Crippen LogP contribution in [0.25, 0.3) is 10.9 Å². The summed E-state index contributed by atoms with van der Waals surface area (Å²) >= 11 is 0. The summed E-state index contributed by atoms with van der Waals surface area (Å²) in [5.74, 6) is 0.221. The van der Waals surface area contributed by atoms with Gasteiger partial charge in [0.05, 0.1) is 18.3 Å². The van der Waals surface area contributed by atoms with E-state index in [1.54, 1.807) is 4.68 Å². The maximum Gasteiger partial charge on any atom is 0.320 e. The lowest BCUT2D eigenvalue weighted by molar-refractivity contribution is -0.139. The van der Waals surface area contributed by atoms with Gasteiger partial charge in [0, 0.05) is 43.5 Å². The van der Waals surface area contributed by atoms with Gasteiger partial charge in [-0.1, -0.05) is 36.6 Å². The van der Waals surface area contributed by atoms with Crippen LogP contribution in [0.1, 0.15) is 76.3 Å². The first-order valence-electron chi connectivity index (χ1n) is 17.3. The van der Waals surface area contributed by atoms with E-state index in [-0.39, 0.29) is 18.7 Å². The number of aliphatic carboxylic acids is 1. The smallest absolute Gasteiger partial charge is 0.320 e. The van der Waals surface area contributed by atoms with Crippen LogP contribution >= 0.6 is 0 Å². The highest BCUT2D eigenvalue weighted by molar-refractivity contribution is 5.90. The summed E-state index contributed by atoms with van der Waals surface area (Å²) < 4.78 is 1.79. The predicted octanol–water partition coefficient (Wildman–Crippen LogP) is 2.72. The molecule has 1 saturated carbocycles. The summed E-state index contributed by atoms with van der Waals surface area (Å²) in [5, 5.41) is 32.7. The molecular formula is C33H51N11O3.